The fourth-order valence-corrected chi connectivity index (χ4v) is 2.15. The Bertz CT molecular complexity index is 427. The van der Waals surface area contributed by atoms with Gasteiger partial charge in [0.05, 0.1) is 12.2 Å². The Labute approximate surface area is 110 Å². The molecule has 1 N–H and O–H groups in total. The van der Waals surface area contributed by atoms with E-state index in [0.717, 1.165) is 31.4 Å². The summed E-state index contributed by atoms with van der Waals surface area (Å²) in [5.74, 6) is -0.993. The molecule has 1 unspecified atom stereocenters. The number of benzene rings is 1. The van der Waals surface area contributed by atoms with Crippen molar-refractivity contribution in [3.05, 3.63) is 34.3 Å². The predicted octanol–water partition coefficient (Wildman–Crippen LogP) is 3.08. The first-order valence-corrected chi connectivity index (χ1v) is 6.29. The van der Waals surface area contributed by atoms with E-state index >= 15 is 0 Å². The Balaban J connectivity index is 1.97. The molecule has 0 aliphatic carbocycles. The third-order valence-electron chi connectivity index (χ3n) is 2.78. The largest absolute Gasteiger partial charge is 0.478 e. The van der Waals surface area contributed by atoms with Crippen LogP contribution in [-0.4, -0.2) is 24.0 Å². The van der Waals surface area contributed by atoms with Crippen molar-refractivity contribution in [1.82, 2.24) is 0 Å². The van der Waals surface area contributed by atoms with Crippen LogP contribution in [0, 0.1) is 0 Å². The van der Waals surface area contributed by atoms with Gasteiger partial charge in [-0.3, -0.25) is 0 Å². The Hall–Kier alpha value is -1.10. The Morgan fingerprint density at radius 1 is 1.44 bits per heavy atom. The minimum atomic E-state index is -0.993. The van der Waals surface area contributed by atoms with Gasteiger partial charge in [0.1, 0.15) is 0 Å². The van der Waals surface area contributed by atoms with Crippen molar-refractivity contribution < 1.29 is 19.4 Å². The lowest BCUT2D eigenvalue weighted by Crippen LogP contribution is -2.22. The topological polar surface area (TPSA) is 55.8 Å². The van der Waals surface area contributed by atoms with Gasteiger partial charge >= 0.3 is 5.97 Å². The third-order valence-corrected chi connectivity index (χ3v) is 3.00. The number of carboxylic acid groups (broad SMARTS) is 1. The summed E-state index contributed by atoms with van der Waals surface area (Å²) < 4.78 is 11.0. The molecule has 0 saturated carbocycles. The van der Waals surface area contributed by atoms with E-state index in [4.69, 9.17) is 26.2 Å². The van der Waals surface area contributed by atoms with E-state index in [1.807, 2.05) is 0 Å². The molecule has 1 saturated heterocycles. The number of aromatic carboxylic acids is 1. The first kappa shape index (κ1) is 13.3. The minimum Gasteiger partial charge on any atom is -0.478 e. The second-order valence-electron chi connectivity index (χ2n) is 4.26. The highest BCUT2D eigenvalue weighted by molar-refractivity contribution is 6.31. The van der Waals surface area contributed by atoms with Gasteiger partial charge in [-0.25, -0.2) is 4.79 Å². The summed E-state index contributed by atoms with van der Waals surface area (Å²) in [6, 6.07) is 4.69. The molecule has 1 aliphatic heterocycles. The molecule has 18 heavy (non-hydrogen) atoms. The van der Waals surface area contributed by atoms with Gasteiger partial charge in [-0.05, 0) is 43.0 Å². The van der Waals surface area contributed by atoms with Gasteiger partial charge in [0.25, 0.3) is 0 Å². The molecule has 4 nitrogen and oxygen atoms in total. The molecule has 1 aromatic carbocycles. The first-order valence-electron chi connectivity index (χ1n) is 5.91. The maximum atomic E-state index is 10.9. The number of hydrogen-bond donors (Lipinski definition) is 1. The Morgan fingerprint density at radius 3 is 2.94 bits per heavy atom. The monoisotopic (exact) mass is 270 g/mol. The molecule has 0 aromatic heterocycles. The van der Waals surface area contributed by atoms with Crippen LogP contribution in [0.4, 0.5) is 0 Å². The standard InChI is InChI=1S/C13H15ClO4/c14-11-6-9(5-10(7-11)13(15)16)8-18-12-3-1-2-4-17-12/h5-7,12H,1-4,8H2,(H,15,16). The number of hydrogen-bond acceptors (Lipinski definition) is 3. The molecule has 1 fully saturated rings. The summed E-state index contributed by atoms with van der Waals surface area (Å²) >= 11 is 5.87. The number of carboxylic acids is 1. The van der Waals surface area contributed by atoms with Crippen LogP contribution < -0.4 is 0 Å². The van der Waals surface area contributed by atoms with Crippen molar-refractivity contribution in [3.63, 3.8) is 0 Å². The van der Waals surface area contributed by atoms with E-state index in [9.17, 15) is 4.79 Å². The SMILES string of the molecule is O=C(O)c1cc(Cl)cc(COC2CCCCO2)c1. The van der Waals surface area contributed by atoms with Crippen LogP contribution in [0.3, 0.4) is 0 Å². The summed E-state index contributed by atoms with van der Waals surface area (Å²) in [7, 11) is 0. The van der Waals surface area contributed by atoms with Crippen LogP contribution >= 0.6 is 11.6 Å². The highest BCUT2D eigenvalue weighted by Gasteiger charge is 2.14. The Morgan fingerprint density at radius 2 is 2.28 bits per heavy atom. The molecule has 1 atom stereocenters. The molecule has 2 rings (SSSR count). The quantitative estimate of drug-likeness (QED) is 0.913. The van der Waals surface area contributed by atoms with Gasteiger partial charge < -0.3 is 14.6 Å². The smallest absolute Gasteiger partial charge is 0.335 e. The van der Waals surface area contributed by atoms with Crippen LogP contribution in [0.5, 0.6) is 0 Å². The van der Waals surface area contributed by atoms with Gasteiger partial charge in [0, 0.05) is 11.6 Å². The van der Waals surface area contributed by atoms with Gasteiger partial charge in [-0.1, -0.05) is 11.6 Å². The summed E-state index contributed by atoms with van der Waals surface area (Å²) in [4.78, 5) is 10.9. The van der Waals surface area contributed by atoms with Crippen molar-refractivity contribution in [2.24, 2.45) is 0 Å². The fraction of sp³-hybridized carbons (Fsp3) is 0.462. The molecule has 0 spiro atoms. The second kappa shape index (κ2) is 6.18. The van der Waals surface area contributed by atoms with E-state index < -0.39 is 5.97 Å². The molecule has 0 amide bonds. The zero-order valence-electron chi connectivity index (χ0n) is 9.89. The molecular formula is C13H15ClO4. The lowest BCUT2D eigenvalue weighted by atomic mass is 10.1. The lowest BCUT2D eigenvalue weighted by molar-refractivity contribution is -0.168. The maximum Gasteiger partial charge on any atom is 0.335 e. The van der Waals surface area contributed by atoms with Crippen molar-refractivity contribution in [2.75, 3.05) is 6.61 Å². The van der Waals surface area contributed by atoms with Crippen LogP contribution in [0.25, 0.3) is 0 Å². The van der Waals surface area contributed by atoms with Crippen LogP contribution in [0.2, 0.25) is 5.02 Å². The second-order valence-corrected chi connectivity index (χ2v) is 4.70. The number of ether oxygens (including phenoxy) is 2. The van der Waals surface area contributed by atoms with Gasteiger partial charge in [-0.2, -0.15) is 0 Å². The number of rotatable bonds is 4. The maximum absolute atomic E-state index is 10.9. The van der Waals surface area contributed by atoms with Gasteiger partial charge in [0.2, 0.25) is 0 Å². The summed E-state index contributed by atoms with van der Waals surface area (Å²) in [5, 5.41) is 9.33. The minimum absolute atomic E-state index is 0.172. The molecule has 1 aromatic rings. The van der Waals surface area contributed by atoms with Crippen molar-refractivity contribution >= 4 is 17.6 Å². The third kappa shape index (κ3) is 3.70. The molecule has 98 valence electrons. The molecule has 5 heteroatoms. The lowest BCUT2D eigenvalue weighted by Gasteiger charge is -2.22. The molecular weight excluding hydrogens is 256 g/mol. The van der Waals surface area contributed by atoms with Crippen LogP contribution in [0.1, 0.15) is 35.2 Å². The zero-order valence-corrected chi connectivity index (χ0v) is 10.7. The molecule has 1 aliphatic rings. The molecule has 0 bridgehead atoms. The summed E-state index contributed by atoms with van der Waals surface area (Å²) in [6.07, 6.45) is 2.86. The van der Waals surface area contributed by atoms with E-state index in [1.165, 1.54) is 6.07 Å². The highest BCUT2D eigenvalue weighted by atomic mass is 35.5. The summed E-state index contributed by atoms with van der Waals surface area (Å²) in [6.45, 7) is 1.03. The zero-order chi connectivity index (χ0) is 13.0. The molecule has 0 radical (unpaired) electrons. The number of halogens is 1. The first-order chi connectivity index (χ1) is 8.65. The van der Waals surface area contributed by atoms with Gasteiger partial charge in [-0.15, -0.1) is 0 Å². The van der Waals surface area contributed by atoms with E-state index in [0.29, 0.717) is 11.6 Å². The molecule has 1 heterocycles. The van der Waals surface area contributed by atoms with E-state index in [2.05, 4.69) is 0 Å². The van der Waals surface area contributed by atoms with Crippen LogP contribution in [-0.2, 0) is 16.1 Å². The fourth-order valence-electron chi connectivity index (χ4n) is 1.89. The Kier molecular flexibility index (Phi) is 4.58. The average molecular weight is 271 g/mol. The number of carbonyl (C=O) groups is 1. The summed E-state index contributed by atoms with van der Waals surface area (Å²) in [5.41, 5.74) is 0.916. The van der Waals surface area contributed by atoms with Gasteiger partial charge in [0.15, 0.2) is 6.29 Å². The van der Waals surface area contributed by atoms with Crippen molar-refractivity contribution in [3.8, 4) is 0 Å². The van der Waals surface area contributed by atoms with Crippen molar-refractivity contribution in [2.45, 2.75) is 32.2 Å². The van der Waals surface area contributed by atoms with E-state index in [-0.39, 0.29) is 11.9 Å². The van der Waals surface area contributed by atoms with Crippen molar-refractivity contribution in [1.29, 1.82) is 0 Å². The highest BCUT2D eigenvalue weighted by Crippen LogP contribution is 2.19. The van der Waals surface area contributed by atoms with Crippen LogP contribution in [0.15, 0.2) is 18.2 Å². The predicted molar refractivity (Wildman–Crippen MR) is 66.8 cm³/mol. The normalized spacial score (nSPS) is 19.7. The van der Waals surface area contributed by atoms with E-state index in [1.54, 1.807) is 12.1 Å². The average Bonchev–Trinajstić information content (AvgIpc) is 2.37.